The fraction of sp³-hybridized carbons (Fsp3) is 0.471. The normalized spacial score (nSPS) is 21.1. The molecule has 1 fully saturated rings. The summed E-state index contributed by atoms with van der Waals surface area (Å²) in [5.41, 5.74) is 1.86. The van der Waals surface area contributed by atoms with E-state index in [1.54, 1.807) is 12.5 Å². The van der Waals surface area contributed by atoms with Crippen molar-refractivity contribution in [2.75, 3.05) is 20.1 Å². The highest BCUT2D eigenvalue weighted by atomic mass is 19.1. The summed E-state index contributed by atoms with van der Waals surface area (Å²) < 4.78 is 15.1. The fourth-order valence-electron chi connectivity index (χ4n) is 3.30. The smallest absolute Gasteiger partial charge is 0.220 e. The number of amides is 1. The second-order valence-electron chi connectivity index (χ2n) is 6.44. The Balaban J connectivity index is 1.59. The third-order valence-electron chi connectivity index (χ3n) is 4.48. The second-order valence-corrected chi connectivity index (χ2v) is 6.44. The van der Waals surface area contributed by atoms with Gasteiger partial charge in [0.1, 0.15) is 5.82 Å². The van der Waals surface area contributed by atoms with Crippen molar-refractivity contribution in [3.05, 3.63) is 48.1 Å². The standard InChI is InChI=1S/C17H22FN5O/c1-22-9-14(16-8-20-11-23(16)2)15(10-22)21-17(24)4-3-12-5-13(18)7-19-6-12/h5-8,11,14-15H,3-4,9-10H2,1-2H3,(H,21,24)/t14-,15-/m1/s1. The van der Waals surface area contributed by atoms with Gasteiger partial charge in [0, 0.05) is 50.6 Å². The Morgan fingerprint density at radius 2 is 2.12 bits per heavy atom. The maximum Gasteiger partial charge on any atom is 0.220 e. The summed E-state index contributed by atoms with van der Waals surface area (Å²) >= 11 is 0. The lowest BCUT2D eigenvalue weighted by Crippen LogP contribution is -2.40. The van der Waals surface area contributed by atoms with Gasteiger partial charge in [-0.25, -0.2) is 9.37 Å². The molecule has 2 aromatic heterocycles. The van der Waals surface area contributed by atoms with E-state index in [0.717, 1.165) is 30.5 Å². The van der Waals surface area contributed by atoms with Gasteiger partial charge in [-0.1, -0.05) is 0 Å². The maximum absolute atomic E-state index is 13.1. The topological polar surface area (TPSA) is 63.1 Å². The van der Waals surface area contributed by atoms with Gasteiger partial charge in [0.15, 0.2) is 0 Å². The number of likely N-dealkylation sites (N-methyl/N-ethyl adjacent to an activating group) is 1. The van der Waals surface area contributed by atoms with Gasteiger partial charge in [0.25, 0.3) is 0 Å². The molecule has 0 unspecified atom stereocenters. The molecule has 24 heavy (non-hydrogen) atoms. The lowest BCUT2D eigenvalue weighted by atomic mass is 9.99. The van der Waals surface area contributed by atoms with E-state index in [1.807, 2.05) is 24.9 Å². The number of likely N-dealkylation sites (tertiary alicyclic amines) is 1. The summed E-state index contributed by atoms with van der Waals surface area (Å²) in [6, 6.07) is 1.48. The summed E-state index contributed by atoms with van der Waals surface area (Å²) in [5, 5.41) is 3.12. The van der Waals surface area contributed by atoms with E-state index in [0.29, 0.717) is 12.8 Å². The Morgan fingerprint density at radius 3 is 2.83 bits per heavy atom. The first-order chi connectivity index (χ1) is 11.5. The van der Waals surface area contributed by atoms with Crippen molar-refractivity contribution in [1.29, 1.82) is 0 Å². The molecule has 1 saturated heterocycles. The van der Waals surface area contributed by atoms with Crippen molar-refractivity contribution in [3.8, 4) is 0 Å². The molecular weight excluding hydrogens is 309 g/mol. The number of carbonyl (C=O) groups is 1. The molecule has 0 bridgehead atoms. The predicted molar refractivity (Wildman–Crippen MR) is 87.9 cm³/mol. The molecule has 128 valence electrons. The van der Waals surface area contributed by atoms with E-state index in [2.05, 4.69) is 20.2 Å². The zero-order valence-electron chi connectivity index (χ0n) is 13.9. The van der Waals surface area contributed by atoms with Crippen molar-refractivity contribution in [3.63, 3.8) is 0 Å². The SMILES string of the molecule is CN1C[C@@H](NC(=O)CCc2cncc(F)c2)[C@H](c2cncn2C)C1. The van der Waals surface area contributed by atoms with Crippen LogP contribution in [0.4, 0.5) is 4.39 Å². The number of nitrogens with zero attached hydrogens (tertiary/aromatic N) is 4. The van der Waals surface area contributed by atoms with Gasteiger partial charge in [0.2, 0.25) is 5.91 Å². The Hall–Kier alpha value is -2.28. The largest absolute Gasteiger partial charge is 0.351 e. The average Bonchev–Trinajstić information content (AvgIpc) is 3.11. The molecule has 7 heteroatoms. The predicted octanol–water partition coefficient (Wildman–Crippen LogP) is 1.10. The Kier molecular flexibility index (Phi) is 4.89. The molecule has 0 aliphatic carbocycles. The van der Waals surface area contributed by atoms with Crippen molar-refractivity contribution in [2.24, 2.45) is 7.05 Å². The highest BCUT2D eigenvalue weighted by Gasteiger charge is 2.34. The average molecular weight is 331 g/mol. The van der Waals surface area contributed by atoms with Gasteiger partial charge in [-0.2, -0.15) is 0 Å². The van der Waals surface area contributed by atoms with E-state index >= 15 is 0 Å². The summed E-state index contributed by atoms with van der Waals surface area (Å²) in [5.74, 6) is -0.171. The van der Waals surface area contributed by atoms with Gasteiger partial charge >= 0.3 is 0 Å². The lowest BCUT2D eigenvalue weighted by molar-refractivity contribution is -0.121. The number of carbonyl (C=O) groups excluding carboxylic acids is 1. The number of imidazole rings is 1. The Morgan fingerprint density at radius 1 is 1.29 bits per heavy atom. The third-order valence-corrected chi connectivity index (χ3v) is 4.48. The monoisotopic (exact) mass is 331 g/mol. The van der Waals surface area contributed by atoms with Crippen LogP contribution in [0.2, 0.25) is 0 Å². The summed E-state index contributed by atoms with van der Waals surface area (Å²) in [7, 11) is 4.02. The minimum atomic E-state index is -0.374. The van der Waals surface area contributed by atoms with Crippen molar-refractivity contribution in [1.82, 2.24) is 24.8 Å². The summed E-state index contributed by atoms with van der Waals surface area (Å²) in [6.07, 6.45) is 7.21. The zero-order valence-corrected chi connectivity index (χ0v) is 13.9. The van der Waals surface area contributed by atoms with E-state index in [4.69, 9.17) is 0 Å². The molecule has 0 spiro atoms. The molecule has 1 amide bonds. The van der Waals surface area contributed by atoms with Crippen molar-refractivity contribution >= 4 is 5.91 Å². The van der Waals surface area contributed by atoms with Crippen LogP contribution in [0.3, 0.4) is 0 Å². The highest BCUT2D eigenvalue weighted by molar-refractivity contribution is 5.76. The molecular formula is C17H22FN5O. The van der Waals surface area contributed by atoms with E-state index in [1.165, 1.54) is 6.07 Å². The first-order valence-corrected chi connectivity index (χ1v) is 8.06. The molecule has 1 aliphatic rings. The van der Waals surface area contributed by atoms with Gasteiger partial charge < -0.3 is 14.8 Å². The molecule has 0 aromatic carbocycles. The van der Waals surface area contributed by atoms with Crippen molar-refractivity contribution < 1.29 is 9.18 Å². The quantitative estimate of drug-likeness (QED) is 0.891. The van der Waals surface area contributed by atoms with Crippen LogP contribution in [-0.2, 0) is 18.3 Å². The van der Waals surface area contributed by atoms with Gasteiger partial charge in [-0.05, 0) is 25.1 Å². The van der Waals surface area contributed by atoms with E-state index in [9.17, 15) is 9.18 Å². The number of nitrogens with one attached hydrogen (secondary N) is 1. The Bertz CT molecular complexity index is 717. The number of pyridine rings is 1. The van der Waals surface area contributed by atoms with Crippen molar-refractivity contribution in [2.45, 2.75) is 24.8 Å². The van der Waals surface area contributed by atoms with E-state index in [-0.39, 0.29) is 23.7 Å². The van der Waals surface area contributed by atoms with Gasteiger partial charge in [0.05, 0.1) is 18.6 Å². The van der Waals surface area contributed by atoms with Gasteiger partial charge in [-0.15, -0.1) is 0 Å². The highest BCUT2D eigenvalue weighted by Crippen LogP contribution is 2.26. The van der Waals surface area contributed by atoms with Gasteiger partial charge in [-0.3, -0.25) is 9.78 Å². The zero-order chi connectivity index (χ0) is 17.1. The van der Waals surface area contributed by atoms with E-state index < -0.39 is 0 Å². The van der Waals surface area contributed by atoms with Crippen LogP contribution >= 0.6 is 0 Å². The Labute approximate surface area is 140 Å². The third kappa shape index (κ3) is 3.79. The number of aromatic nitrogens is 3. The minimum absolute atomic E-state index is 0.0215. The lowest BCUT2D eigenvalue weighted by Gasteiger charge is -2.20. The molecule has 3 heterocycles. The minimum Gasteiger partial charge on any atom is -0.351 e. The molecule has 2 aromatic rings. The van der Waals surface area contributed by atoms with Crippen LogP contribution in [-0.4, -0.2) is 51.5 Å². The van der Waals surface area contributed by atoms with Crippen LogP contribution in [0.5, 0.6) is 0 Å². The first kappa shape index (κ1) is 16.6. The fourth-order valence-corrected chi connectivity index (χ4v) is 3.30. The molecule has 6 nitrogen and oxygen atoms in total. The number of hydrogen-bond acceptors (Lipinski definition) is 4. The van der Waals surface area contributed by atoms with Crippen LogP contribution < -0.4 is 5.32 Å². The van der Waals surface area contributed by atoms with Crippen LogP contribution in [0.25, 0.3) is 0 Å². The second kappa shape index (κ2) is 7.09. The van der Waals surface area contributed by atoms with Crippen LogP contribution in [0, 0.1) is 5.82 Å². The number of halogens is 1. The molecule has 0 saturated carbocycles. The number of hydrogen-bond donors (Lipinski definition) is 1. The molecule has 3 rings (SSSR count). The molecule has 1 N–H and O–H groups in total. The maximum atomic E-state index is 13.1. The molecule has 1 aliphatic heterocycles. The number of aryl methyl sites for hydroxylation is 2. The summed E-state index contributed by atoms with van der Waals surface area (Å²) in [4.78, 5) is 22.5. The molecule has 0 radical (unpaired) electrons. The van der Waals surface area contributed by atoms with Crippen LogP contribution in [0.1, 0.15) is 23.6 Å². The first-order valence-electron chi connectivity index (χ1n) is 8.06. The number of rotatable bonds is 5. The van der Waals surface area contributed by atoms with Crippen LogP contribution in [0.15, 0.2) is 31.0 Å². The molecule has 2 atom stereocenters. The summed E-state index contributed by atoms with van der Waals surface area (Å²) in [6.45, 7) is 1.70.